The van der Waals surface area contributed by atoms with E-state index in [9.17, 15) is 24.7 Å². The Morgan fingerprint density at radius 1 is 1.03 bits per heavy atom. The third-order valence-electron chi connectivity index (χ3n) is 5.86. The quantitative estimate of drug-likeness (QED) is 0.153. The number of aliphatic hydroxyl groups excluding tert-OH is 1. The number of amides is 1. The predicted octanol–water partition coefficient (Wildman–Crippen LogP) is 3.14. The molecule has 1 heterocycles. The molecule has 4 rings (SSSR count). The van der Waals surface area contributed by atoms with E-state index in [2.05, 4.69) is 20.4 Å². The van der Waals surface area contributed by atoms with Gasteiger partial charge in [0.15, 0.2) is 6.10 Å². The molecule has 39 heavy (non-hydrogen) atoms. The Kier molecular flexibility index (Phi) is 8.74. The van der Waals surface area contributed by atoms with Crippen molar-refractivity contribution in [2.75, 3.05) is 6.79 Å². The molecule has 0 unspecified atom stereocenters. The van der Waals surface area contributed by atoms with Crippen LogP contribution in [0.2, 0.25) is 5.02 Å². The standard InChI is InChI=1S/C27H25ClN4O7/c1-16(33)38-15-39-27(36)25(34)14-22(29-26(35)20-9-10-23-24(13-20)32(37)31-30-23)11-17-5-7-18(8-6-17)19-3-2-4-21(28)12-19/h2-10,12-13,22,25,34,37H,11,14-15H2,1H3,(H,29,35)/t22-,25-/m1/s1. The number of carbonyl (C=O) groups is 3. The first-order valence-electron chi connectivity index (χ1n) is 11.9. The van der Waals surface area contributed by atoms with Crippen LogP contribution in [0.3, 0.4) is 0 Å². The summed E-state index contributed by atoms with van der Waals surface area (Å²) in [6, 6.07) is 18.8. The van der Waals surface area contributed by atoms with Gasteiger partial charge in [-0.2, -0.15) is 0 Å². The molecule has 0 saturated heterocycles. The summed E-state index contributed by atoms with van der Waals surface area (Å²) in [5, 5.41) is 31.0. The van der Waals surface area contributed by atoms with E-state index in [0.29, 0.717) is 15.4 Å². The molecule has 0 aliphatic carbocycles. The van der Waals surface area contributed by atoms with Crippen LogP contribution in [-0.2, 0) is 25.5 Å². The number of hydrogen-bond donors (Lipinski definition) is 3. The topological polar surface area (TPSA) is 153 Å². The lowest BCUT2D eigenvalue weighted by Gasteiger charge is -2.21. The molecular formula is C27H25ClN4O7. The highest BCUT2D eigenvalue weighted by Gasteiger charge is 2.25. The number of benzene rings is 3. The third-order valence-corrected chi connectivity index (χ3v) is 6.10. The highest BCUT2D eigenvalue weighted by atomic mass is 35.5. The Hall–Kier alpha value is -4.48. The molecule has 1 amide bonds. The zero-order chi connectivity index (χ0) is 27.9. The minimum Gasteiger partial charge on any atom is -0.428 e. The van der Waals surface area contributed by atoms with Gasteiger partial charge >= 0.3 is 11.9 Å². The van der Waals surface area contributed by atoms with Crippen molar-refractivity contribution in [1.29, 1.82) is 0 Å². The van der Waals surface area contributed by atoms with Gasteiger partial charge in [0, 0.05) is 30.0 Å². The molecule has 2 atom stereocenters. The van der Waals surface area contributed by atoms with Crippen LogP contribution in [0.1, 0.15) is 29.3 Å². The molecule has 0 radical (unpaired) electrons. The Bertz CT molecular complexity index is 1490. The molecule has 11 nitrogen and oxygen atoms in total. The number of carbonyl (C=O) groups excluding carboxylic acids is 3. The van der Waals surface area contributed by atoms with Crippen LogP contribution >= 0.6 is 11.6 Å². The maximum atomic E-state index is 13.1. The molecule has 0 fully saturated rings. The fraction of sp³-hybridized carbons (Fsp3) is 0.222. The summed E-state index contributed by atoms with van der Waals surface area (Å²) in [5.41, 5.74) is 3.57. The Labute approximate surface area is 227 Å². The van der Waals surface area contributed by atoms with E-state index in [1.807, 2.05) is 42.5 Å². The smallest absolute Gasteiger partial charge is 0.337 e. The largest absolute Gasteiger partial charge is 0.428 e. The highest BCUT2D eigenvalue weighted by molar-refractivity contribution is 6.30. The van der Waals surface area contributed by atoms with Crippen LogP contribution < -0.4 is 5.32 Å². The van der Waals surface area contributed by atoms with Crippen LogP contribution in [-0.4, -0.2) is 62.3 Å². The second-order valence-corrected chi connectivity index (χ2v) is 9.17. The molecule has 0 saturated carbocycles. The van der Waals surface area contributed by atoms with E-state index in [0.717, 1.165) is 23.6 Å². The lowest BCUT2D eigenvalue weighted by molar-refractivity contribution is -0.172. The number of nitrogens with one attached hydrogen (secondary N) is 1. The number of aromatic nitrogens is 3. The second kappa shape index (κ2) is 12.4. The lowest BCUT2D eigenvalue weighted by Crippen LogP contribution is -2.41. The van der Waals surface area contributed by atoms with Gasteiger partial charge in [-0.3, -0.25) is 9.59 Å². The zero-order valence-electron chi connectivity index (χ0n) is 20.8. The summed E-state index contributed by atoms with van der Waals surface area (Å²) in [5.74, 6) is -2.14. The van der Waals surface area contributed by atoms with Crippen molar-refractivity contribution in [1.82, 2.24) is 20.5 Å². The monoisotopic (exact) mass is 552 g/mol. The van der Waals surface area contributed by atoms with E-state index in [-0.39, 0.29) is 23.9 Å². The number of halogens is 1. The van der Waals surface area contributed by atoms with Gasteiger partial charge < -0.3 is 25.1 Å². The van der Waals surface area contributed by atoms with Crippen LogP contribution in [0.15, 0.2) is 66.7 Å². The molecule has 4 aromatic rings. The molecule has 12 heteroatoms. The van der Waals surface area contributed by atoms with Crippen molar-refractivity contribution >= 4 is 40.5 Å². The number of hydrogen-bond acceptors (Lipinski definition) is 9. The first kappa shape index (κ1) is 27.6. The van der Waals surface area contributed by atoms with Gasteiger partial charge in [0.2, 0.25) is 6.79 Å². The van der Waals surface area contributed by atoms with Crippen LogP contribution in [0.25, 0.3) is 22.2 Å². The van der Waals surface area contributed by atoms with Gasteiger partial charge in [-0.25, -0.2) is 4.79 Å². The van der Waals surface area contributed by atoms with E-state index >= 15 is 0 Å². The Morgan fingerprint density at radius 2 is 1.79 bits per heavy atom. The van der Waals surface area contributed by atoms with Gasteiger partial charge in [0.25, 0.3) is 5.91 Å². The number of esters is 2. The zero-order valence-corrected chi connectivity index (χ0v) is 21.5. The molecule has 3 N–H and O–H groups in total. The molecule has 0 aliphatic heterocycles. The van der Waals surface area contributed by atoms with Crippen LogP contribution in [0, 0.1) is 0 Å². The summed E-state index contributed by atoms with van der Waals surface area (Å²) in [6.45, 7) is 0.529. The molecule has 1 aromatic heterocycles. The van der Waals surface area contributed by atoms with Gasteiger partial charge in [-0.15, -0.1) is 5.10 Å². The number of rotatable bonds is 10. The third kappa shape index (κ3) is 7.30. The van der Waals surface area contributed by atoms with Crippen molar-refractivity contribution in [3.8, 4) is 11.1 Å². The van der Waals surface area contributed by atoms with E-state index in [1.165, 1.54) is 18.2 Å². The molecule has 202 valence electrons. The van der Waals surface area contributed by atoms with Gasteiger partial charge in [-0.05, 0) is 58.7 Å². The average Bonchev–Trinajstić information content (AvgIpc) is 3.28. The van der Waals surface area contributed by atoms with Gasteiger partial charge in [-0.1, -0.05) is 52.8 Å². The van der Waals surface area contributed by atoms with Crippen LogP contribution in [0.4, 0.5) is 0 Å². The summed E-state index contributed by atoms with van der Waals surface area (Å²) in [7, 11) is 0. The van der Waals surface area contributed by atoms with E-state index in [1.54, 1.807) is 6.07 Å². The fourth-order valence-electron chi connectivity index (χ4n) is 3.93. The van der Waals surface area contributed by atoms with Gasteiger partial charge in [0.05, 0.1) is 0 Å². The number of fused-ring (bicyclic) bond motifs is 1. The lowest BCUT2D eigenvalue weighted by atomic mass is 9.97. The highest BCUT2D eigenvalue weighted by Crippen LogP contribution is 2.24. The normalized spacial score (nSPS) is 12.5. The van der Waals surface area contributed by atoms with Crippen molar-refractivity contribution in [3.63, 3.8) is 0 Å². The fourth-order valence-corrected chi connectivity index (χ4v) is 4.12. The van der Waals surface area contributed by atoms with E-state index < -0.39 is 36.8 Å². The van der Waals surface area contributed by atoms with Crippen molar-refractivity contribution < 1.29 is 34.2 Å². The summed E-state index contributed by atoms with van der Waals surface area (Å²) in [4.78, 5) is 36.8. The van der Waals surface area contributed by atoms with Crippen molar-refractivity contribution in [2.24, 2.45) is 0 Å². The number of nitrogens with zero attached hydrogens (tertiary/aromatic N) is 3. The van der Waals surface area contributed by atoms with Gasteiger partial charge in [0.1, 0.15) is 11.0 Å². The summed E-state index contributed by atoms with van der Waals surface area (Å²) in [6.07, 6.45) is -1.50. The first-order valence-corrected chi connectivity index (χ1v) is 12.3. The second-order valence-electron chi connectivity index (χ2n) is 8.73. The maximum absolute atomic E-state index is 13.1. The molecule has 0 bridgehead atoms. The predicted molar refractivity (Wildman–Crippen MR) is 140 cm³/mol. The van der Waals surface area contributed by atoms with Crippen LogP contribution in [0.5, 0.6) is 0 Å². The average molecular weight is 553 g/mol. The van der Waals surface area contributed by atoms with Crippen molar-refractivity contribution in [3.05, 3.63) is 82.9 Å². The summed E-state index contributed by atoms with van der Waals surface area (Å²) < 4.78 is 9.36. The Morgan fingerprint density at radius 3 is 2.51 bits per heavy atom. The van der Waals surface area contributed by atoms with E-state index in [4.69, 9.17) is 16.3 Å². The number of aliphatic hydroxyl groups is 1. The summed E-state index contributed by atoms with van der Waals surface area (Å²) >= 11 is 6.10. The maximum Gasteiger partial charge on any atom is 0.337 e. The SMILES string of the molecule is CC(=O)OCOC(=O)[C@H](O)C[C@@H](Cc1ccc(-c2cccc(Cl)c2)cc1)NC(=O)c1ccc2nnn(O)c2c1. The molecule has 0 spiro atoms. The first-order chi connectivity index (χ1) is 18.7. The molecule has 3 aromatic carbocycles. The van der Waals surface area contributed by atoms with Crippen molar-refractivity contribution in [2.45, 2.75) is 31.9 Å². The number of ether oxygens (including phenoxy) is 2. The minimum atomic E-state index is -1.60. The molecule has 0 aliphatic rings. The molecular weight excluding hydrogens is 528 g/mol. The Balaban J connectivity index is 1.50. The minimum absolute atomic E-state index is 0.178.